The van der Waals surface area contributed by atoms with E-state index in [9.17, 15) is 4.79 Å². The van der Waals surface area contributed by atoms with Crippen molar-refractivity contribution in [1.82, 2.24) is 10.6 Å². The third kappa shape index (κ3) is 6.25. The topological polar surface area (TPSA) is 68.8 Å². The van der Waals surface area contributed by atoms with Crippen LogP contribution in [0.5, 0.6) is 11.5 Å². The van der Waals surface area contributed by atoms with Crippen molar-refractivity contribution in [2.45, 2.75) is 18.9 Å². The largest absolute Gasteiger partial charge is 0.493 e. The fourth-order valence-corrected chi connectivity index (χ4v) is 2.43. The summed E-state index contributed by atoms with van der Waals surface area (Å²) >= 11 is 0. The number of benzene rings is 1. The summed E-state index contributed by atoms with van der Waals surface area (Å²) in [7, 11) is 3.23. The molecule has 0 spiro atoms. The Kier molecular flexibility index (Phi) is 8.76. The molecule has 1 aromatic carbocycles. The van der Waals surface area contributed by atoms with Crippen LogP contribution in [0.25, 0.3) is 0 Å². The third-order valence-electron chi connectivity index (χ3n) is 3.61. The molecule has 1 aliphatic rings. The van der Waals surface area contributed by atoms with Gasteiger partial charge in [-0.15, -0.1) is 12.4 Å². The number of carbonyl (C=O) groups excluding carboxylic acids is 1. The number of nitrogens with one attached hydrogen (secondary N) is 2. The van der Waals surface area contributed by atoms with Gasteiger partial charge in [0.2, 0.25) is 5.91 Å². The van der Waals surface area contributed by atoms with E-state index in [1.165, 1.54) is 0 Å². The molecule has 0 radical (unpaired) electrons. The molecular formula is C16H25ClN2O4. The predicted molar refractivity (Wildman–Crippen MR) is 90.7 cm³/mol. The van der Waals surface area contributed by atoms with E-state index in [4.69, 9.17) is 14.2 Å². The second-order valence-corrected chi connectivity index (χ2v) is 5.22. The fraction of sp³-hybridized carbons (Fsp3) is 0.562. The summed E-state index contributed by atoms with van der Waals surface area (Å²) in [4.78, 5) is 11.9. The second kappa shape index (κ2) is 10.3. The Bertz CT molecular complexity index is 493. The highest BCUT2D eigenvalue weighted by molar-refractivity contribution is 5.85. The molecule has 1 aromatic rings. The molecule has 0 aliphatic carbocycles. The standard InChI is InChI=1S/C16H24N2O4.ClH/c1-20-14-4-3-12(9-15(14)21-2)5-6-18-16(19)10-13-11-22-8-7-17-13;/h3-4,9,13,17H,5-8,10-11H2,1-2H3,(H,18,19);1H. The van der Waals surface area contributed by atoms with Crippen LogP contribution in [0.3, 0.4) is 0 Å². The summed E-state index contributed by atoms with van der Waals surface area (Å²) in [5, 5.41) is 6.21. The van der Waals surface area contributed by atoms with E-state index >= 15 is 0 Å². The molecule has 7 heteroatoms. The number of morpholine rings is 1. The van der Waals surface area contributed by atoms with E-state index in [0.29, 0.717) is 31.1 Å². The average molecular weight is 345 g/mol. The molecule has 1 saturated heterocycles. The van der Waals surface area contributed by atoms with Gasteiger partial charge in [0.15, 0.2) is 11.5 Å². The minimum atomic E-state index is 0. The van der Waals surface area contributed by atoms with Gasteiger partial charge in [0.05, 0.1) is 27.4 Å². The van der Waals surface area contributed by atoms with Crippen LogP contribution in [-0.2, 0) is 16.0 Å². The Morgan fingerprint density at radius 2 is 2.13 bits per heavy atom. The number of amides is 1. The van der Waals surface area contributed by atoms with Crippen LogP contribution in [0.4, 0.5) is 0 Å². The number of hydrogen-bond donors (Lipinski definition) is 2. The Morgan fingerprint density at radius 3 is 2.78 bits per heavy atom. The van der Waals surface area contributed by atoms with Crippen molar-refractivity contribution < 1.29 is 19.0 Å². The van der Waals surface area contributed by atoms with Gasteiger partial charge in [-0.05, 0) is 24.1 Å². The van der Waals surface area contributed by atoms with Gasteiger partial charge in [0.1, 0.15) is 0 Å². The van der Waals surface area contributed by atoms with Gasteiger partial charge in [-0.3, -0.25) is 4.79 Å². The number of halogens is 1. The summed E-state index contributed by atoms with van der Waals surface area (Å²) < 4.78 is 15.8. The van der Waals surface area contributed by atoms with Crippen LogP contribution in [-0.4, -0.2) is 52.5 Å². The fourth-order valence-electron chi connectivity index (χ4n) is 2.43. The minimum Gasteiger partial charge on any atom is -0.493 e. The molecule has 1 aliphatic heterocycles. The van der Waals surface area contributed by atoms with Gasteiger partial charge in [-0.25, -0.2) is 0 Å². The number of methoxy groups -OCH3 is 2. The van der Waals surface area contributed by atoms with Crippen LogP contribution in [0.2, 0.25) is 0 Å². The van der Waals surface area contributed by atoms with Crippen LogP contribution in [0, 0.1) is 0 Å². The SMILES string of the molecule is COc1ccc(CCNC(=O)CC2COCCN2)cc1OC.Cl. The van der Waals surface area contributed by atoms with Crippen molar-refractivity contribution in [2.24, 2.45) is 0 Å². The van der Waals surface area contributed by atoms with Crippen molar-refractivity contribution in [3.63, 3.8) is 0 Å². The van der Waals surface area contributed by atoms with E-state index in [0.717, 1.165) is 25.1 Å². The third-order valence-corrected chi connectivity index (χ3v) is 3.61. The summed E-state index contributed by atoms with van der Waals surface area (Å²) in [6.07, 6.45) is 1.20. The van der Waals surface area contributed by atoms with Crippen LogP contribution >= 0.6 is 12.4 Å². The lowest BCUT2D eigenvalue weighted by Crippen LogP contribution is -2.44. The van der Waals surface area contributed by atoms with Gasteiger partial charge >= 0.3 is 0 Å². The molecule has 2 rings (SSSR count). The molecule has 0 saturated carbocycles. The monoisotopic (exact) mass is 344 g/mol. The average Bonchev–Trinajstić information content (AvgIpc) is 2.55. The lowest BCUT2D eigenvalue weighted by Gasteiger charge is -2.23. The van der Waals surface area contributed by atoms with Crippen molar-refractivity contribution >= 4 is 18.3 Å². The molecule has 1 heterocycles. The molecule has 0 aromatic heterocycles. The molecule has 1 unspecified atom stereocenters. The lowest BCUT2D eigenvalue weighted by molar-refractivity contribution is -0.122. The molecule has 1 amide bonds. The van der Waals surface area contributed by atoms with Gasteiger partial charge in [-0.1, -0.05) is 6.07 Å². The van der Waals surface area contributed by atoms with E-state index < -0.39 is 0 Å². The first kappa shape index (κ1) is 19.5. The highest BCUT2D eigenvalue weighted by atomic mass is 35.5. The first-order valence-electron chi connectivity index (χ1n) is 7.51. The molecule has 130 valence electrons. The van der Waals surface area contributed by atoms with Crippen LogP contribution in [0.15, 0.2) is 18.2 Å². The Hall–Kier alpha value is -1.50. The maximum Gasteiger partial charge on any atom is 0.221 e. The van der Waals surface area contributed by atoms with Crippen LogP contribution in [0.1, 0.15) is 12.0 Å². The van der Waals surface area contributed by atoms with Crippen LogP contribution < -0.4 is 20.1 Å². The van der Waals surface area contributed by atoms with E-state index in [2.05, 4.69) is 10.6 Å². The summed E-state index contributed by atoms with van der Waals surface area (Å²) in [5.74, 6) is 1.46. The Morgan fingerprint density at radius 1 is 1.35 bits per heavy atom. The summed E-state index contributed by atoms with van der Waals surface area (Å²) in [6, 6.07) is 5.90. The van der Waals surface area contributed by atoms with E-state index in [1.807, 2.05) is 18.2 Å². The number of ether oxygens (including phenoxy) is 3. The molecule has 1 fully saturated rings. The molecule has 23 heavy (non-hydrogen) atoms. The molecular weight excluding hydrogens is 320 g/mol. The normalized spacial score (nSPS) is 17.0. The first-order chi connectivity index (χ1) is 10.7. The predicted octanol–water partition coefficient (Wildman–Crippen LogP) is 1.16. The van der Waals surface area contributed by atoms with Crippen molar-refractivity contribution in [2.75, 3.05) is 40.5 Å². The summed E-state index contributed by atoms with van der Waals surface area (Å²) in [5.41, 5.74) is 1.09. The summed E-state index contributed by atoms with van der Waals surface area (Å²) in [6.45, 7) is 2.73. The lowest BCUT2D eigenvalue weighted by atomic mass is 10.1. The quantitative estimate of drug-likeness (QED) is 0.777. The second-order valence-electron chi connectivity index (χ2n) is 5.22. The minimum absolute atomic E-state index is 0. The zero-order chi connectivity index (χ0) is 15.8. The van der Waals surface area contributed by atoms with Gasteiger partial charge in [0, 0.05) is 25.6 Å². The zero-order valence-electron chi connectivity index (χ0n) is 13.6. The Labute approximate surface area is 143 Å². The highest BCUT2D eigenvalue weighted by Gasteiger charge is 2.16. The van der Waals surface area contributed by atoms with Crippen molar-refractivity contribution in [3.8, 4) is 11.5 Å². The van der Waals surface area contributed by atoms with Gasteiger partial charge < -0.3 is 24.8 Å². The van der Waals surface area contributed by atoms with E-state index in [-0.39, 0.29) is 24.4 Å². The first-order valence-corrected chi connectivity index (χ1v) is 7.51. The molecule has 6 nitrogen and oxygen atoms in total. The van der Waals surface area contributed by atoms with Crippen molar-refractivity contribution in [3.05, 3.63) is 23.8 Å². The molecule has 1 atom stereocenters. The maximum absolute atomic E-state index is 11.9. The zero-order valence-corrected chi connectivity index (χ0v) is 14.4. The number of hydrogen-bond acceptors (Lipinski definition) is 5. The van der Waals surface area contributed by atoms with Gasteiger partial charge in [0.25, 0.3) is 0 Å². The molecule has 0 bridgehead atoms. The molecule has 2 N–H and O–H groups in total. The number of carbonyl (C=O) groups is 1. The smallest absolute Gasteiger partial charge is 0.221 e. The highest BCUT2D eigenvalue weighted by Crippen LogP contribution is 2.27. The Balaban J connectivity index is 0.00000264. The maximum atomic E-state index is 11.9. The van der Waals surface area contributed by atoms with Crippen molar-refractivity contribution in [1.29, 1.82) is 0 Å². The number of rotatable bonds is 7. The van der Waals surface area contributed by atoms with Gasteiger partial charge in [-0.2, -0.15) is 0 Å². The van der Waals surface area contributed by atoms with E-state index in [1.54, 1.807) is 14.2 Å².